The number of ether oxygens (including phenoxy) is 2. The SMILES string of the molecule is CCCCCCCCCC1CCC(COc2cc(F)c(C(=O)Oc3cc(F)c(C#N)c(F)c3)c(F)c2)CC1. The molecule has 4 nitrogen and oxygen atoms in total. The molecule has 0 radical (unpaired) electrons. The molecular weight excluding hydrogens is 498 g/mol. The van der Waals surface area contributed by atoms with Crippen LogP contribution in [-0.2, 0) is 0 Å². The summed E-state index contributed by atoms with van der Waals surface area (Å²) in [5.74, 6) is -6.02. The highest BCUT2D eigenvalue weighted by atomic mass is 19.1. The summed E-state index contributed by atoms with van der Waals surface area (Å²) in [6.45, 7) is 2.56. The molecule has 2 aromatic rings. The van der Waals surface area contributed by atoms with Gasteiger partial charge in [-0.3, -0.25) is 0 Å². The third-order valence-corrected chi connectivity index (χ3v) is 7.23. The van der Waals surface area contributed by atoms with Crippen molar-refractivity contribution in [3.8, 4) is 17.6 Å². The molecule has 3 rings (SSSR count). The maximum Gasteiger partial charge on any atom is 0.349 e. The van der Waals surface area contributed by atoms with E-state index in [2.05, 4.69) is 6.92 Å². The van der Waals surface area contributed by atoms with Gasteiger partial charge in [-0.2, -0.15) is 5.26 Å². The highest BCUT2D eigenvalue weighted by Crippen LogP contribution is 2.33. The summed E-state index contributed by atoms with van der Waals surface area (Å²) < 4.78 is 67.0. The van der Waals surface area contributed by atoms with Crippen LogP contribution in [-0.4, -0.2) is 12.6 Å². The van der Waals surface area contributed by atoms with Crippen molar-refractivity contribution < 1.29 is 31.8 Å². The van der Waals surface area contributed by atoms with Gasteiger partial charge in [0.25, 0.3) is 0 Å². The molecule has 0 aliphatic heterocycles. The molecule has 2 aromatic carbocycles. The number of carbonyl (C=O) groups excluding carboxylic acids is 1. The van der Waals surface area contributed by atoms with Crippen molar-refractivity contribution in [1.82, 2.24) is 0 Å². The van der Waals surface area contributed by atoms with Gasteiger partial charge in [0.05, 0.1) is 6.61 Å². The molecule has 0 bridgehead atoms. The number of carbonyl (C=O) groups is 1. The smallest absolute Gasteiger partial charge is 0.349 e. The van der Waals surface area contributed by atoms with Gasteiger partial charge in [0.15, 0.2) is 0 Å². The standard InChI is InChI=1S/C30H35F4NO3/c1-2-3-4-5-6-7-8-9-20-10-12-21(13-11-20)19-37-22-14-27(33)29(28(34)15-22)30(36)38-23-16-25(31)24(18-35)26(32)17-23/h14-17,20-21H,2-13,19H2,1H3. The highest BCUT2D eigenvalue weighted by Gasteiger charge is 2.24. The molecule has 0 N–H and O–H groups in total. The Morgan fingerprint density at radius 1 is 0.816 bits per heavy atom. The molecule has 0 aromatic heterocycles. The maximum atomic E-state index is 14.6. The first-order valence-electron chi connectivity index (χ1n) is 13.6. The Bertz CT molecular complexity index is 1080. The summed E-state index contributed by atoms with van der Waals surface area (Å²) in [5, 5.41) is 8.71. The minimum absolute atomic E-state index is 0.0443. The van der Waals surface area contributed by atoms with Crippen LogP contribution in [0.5, 0.6) is 11.5 Å². The van der Waals surface area contributed by atoms with Gasteiger partial charge in [0, 0.05) is 24.3 Å². The Morgan fingerprint density at radius 3 is 1.92 bits per heavy atom. The number of hydrogen-bond donors (Lipinski definition) is 0. The van der Waals surface area contributed by atoms with Crippen molar-refractivity contribution >= 4 is 5.97 Å². The van der Waals surface area contributed by atoms with Gasteiger partial charge >= 0.3 is 5.97 Å². The van der Waals surface area contributed by atoms with Crippen molar-refractivity contribution in [3.63, 3.8) is 0 Å². The minimum Gasteiger partial charge on any atom is -0.493 e. The number of halogens is 4. The van der Waals surface area contributed by atoms with E-state index in [1.807, 2.05) is 0 Å². The molecule has 0 unspecified atom stereocenters. The van der Waals surface area contributed by atoms with E-state index in [1.165, 1.54) is 57.4 Å². The van der Waals surface area contributed by atoms with Crippen LogP contribution in [0.15, 0.2) is 24.3 Å². The number of nitrogens with zero attached hydrogens (tertiary/aromatic N) is 1. The monoisotopic (exact) mass is 533 g/mol. The van der Waals surface area contributed by atoms with E-state index in [0.29, 0.717) is 24.7 Å². The average molecular weight is 534 g/mol. The third-order valence-electron chi connectivity index (χ3n) is 7.23. The Balaban J connectivity index is 1.45. The first-order chi connectivity index (χ1) is 18.3. The molecule has 1 aliphatic rings. The number of benzene rings is 2. The Hall–Kier alpha value is -3.08. The topological polar surface area (TPSA) is 59.3 Å². The lowest BCUT2D eigenvalue weighted by Gasteiger charge is -2.28. The van der Waals surface area contributed by atoms with E-state index in [4.69, 9.17) is 14.7 Å². The molecule has 0 amide bonds. The van der Waals surface area contributed by atoms with Gasteiger partial charge < -0.3 is 9.47 Å². The molecule has 1 saturated carbocycles. The normalized spacial score (nSPS) is 17.2. The minimum atomic E-state index is -1.46. The zero-order chi connectivity index (χ0) is 27.5. The van der Waals surface area contributed by atoms with Crippen molar-refractivity contribution in [2.45, 2.75) is 84.0 Å². The lowest BCUT2D eigenvalue weighted by atomic mass is 9.80. The van der Waals surface area contributed by atoms with Crippen LogP contribution in [0.1, 0.15) is 99.9 Å². The highest BCUT2D eigenvalue weighted by molar-refractivity contribution is 5.91. The Labute approximate surface area is 221 Å². The summed E-state index contributed by atoms with van der Waals surface area (Å²) >= 11 is 0. The lowest BCUT2D eigenvalue weighted by molar-refractivity contribution is 0.0723. The second-order valence-electron chi connectivity index (χ2n) is 10.1. The van der Waals surface area contributed by atoms with Gasteiger partial charge in [-0.05, 0) is 24.7 Å². The van der Waals surface area contributed by atoms with Crippen LogP contribution in [0.2, 0.25) is 0 Å². The summed E-state index contributed by atoms with van der Waals surface area (Å²) in [5.41, 5.74) is -1.86. The fraction of sp³-hybridized carbons (Fsp3) is 0.533. The molecule has 1 fully saturated rings. The fourth-order valence-electron chi connectivity index (χ4n) is 4.99. The average Bonchev–Trinajstić information content (AvgIpc) is 2.87. The van der Waals surface area contributed by atoms with Crippen LogP contribution in [0.25, 0.3) is 0 Å². The van der Waals surface area contributed by atoms with Gasteiger partial charge in [-0.1, -0.05) is 71.1 Å². The number of unbranched alkanes of at least 4 members (excludes halogenated alkanes) is 6. The van der Waals surface area contributed by atoms with E-state index >= 15 is 0 Å². The predicted molar refractivity (Wildman–Crippen MR) is 136 cm³/mol. The second kappa shape index (κ2) is 14.8. The Kier molecular flexibility index (Phi) is 11.4. The van der Waals surface area contributed by atoms with Crippen molar-refractivity contribution in [3.05, 3.63) is 58.7 Å². The Morgan fingerprint density at radius 2 is 1.34 bits per heavy atom. The number of rotatable bonds is 13. The van der Waals surface area contributed by atoms with Crippen LogP contribution in [0.4, 0.5) is 17.6 Å². The van der Waals surface area contributed by atoms with Gasteiger partial charge in [-0.25, -0.2) is 22.4 Å². The molecule has 38 heavy (non-hydrogen) atoms. The van der Waals surface area contributed by atoms with Gasteiger partial charge in [-0.15, -0.1) is 0 Å². The first-order valence-corrected chi connectivity index (χ1v) is 13.6. The van der Waals surface area contributed by atoms with E-state index in [9.17, 15) is 22.4 Å². The van der Waals surface area contributed by atoms with E-state index in [0.717, 1.165) is 43.7 Å². The molecule has 0 heterocycles. The lowest BCUT2D eigenvalue weighted by Crippen LogP contribution is -2.20. The molecule has 0 saturated heterocycles. The zero-order valence-corrected chi connectivity index (χ0v) is 21.8. The summed E-state index contributed by atoms with van der Waals surface area (Å²) in [7, 11) is 0. The van der Waals surface area contributed by atoms with Crippen molar-refractivity contribution in [1.29, 1.82) is 5.26 Å². The summed E-state index contributed by atoms with van der Waals surface area (Å²) in [6, 6.07) is 4.31. The zero-order valence-electron chi connectivity index (χ0n) is 21.8. The number of nitriles is 1. The van der Waals surface area contributed by atoms with Gasteiger partial charge in [0.2, 0.25) is 0 Å². The molecule has 1 aliphatic carbocycles. The predicted octanol–water partition coefficient (Wildman–Crippen LogP) is 8.66. The van der Waals surface area contributed by atoms with E-state index in [1.54, 1.807) is 0 Å². The summed E-state index contributed by atoms with van der Waals surface area (Å²) in [4.78, 5) is 12.3. The van der Waals surface area contributed by atoms with Crippen molar-refractivity contribution in [2.75, 3.05) is 6.61 Å². The second-order valence-corrected chi connectivity index (χ2v) is 10.1. The summed E-state index contributed by atoms with van der Waals surface area (Å²) in [6.07, 6.45) is 14.7. The quantitative estimate of drug-likeness (QED) is 0.112. The first kappa shape index (κ1) is 29.5. The fourth-order valence-corrected chi connectivity index (χ4v) is 4.99. The molecular formula is C30H35F4NO3. The number of hydrogen-bond acceptors (Lipinski definition) is 4. The third kappa shape index (κ3) is 8.47. The number of esters is 1. The maximum absolute atomic E-state index is 14.6. The van der Waals surface area contributed by atoms with Crippen molar-refractivity contribution in [2.24, 2.45) is 11.8 Å². The van der Waals surface area contributed by atoms with Crippen LogP contribution < -0.4 is 9.47 Å². The van der Waals surface area contributed by atoms with Crippen LogP contribution in [0, 0.1) is 46.4 Å². The van der Waals surface area contributed by atoms with Gasteiger partial charge in [0.1, 0.15) is 52.0 Å². The van der Waals surface area contributed by atoms with Crippen LogP contribution >= 0.6 is 0 Å². The molecule has 206 valence electrons. The molecule has 8 heteroatoms. The largest absolute Gasteiger partial charge is 0.493 e. The van der Waals surface area contributed by atoms with E-state index in [-0.39, 0.29) is 5.75 Å². The molecule has 0 atom stereocenters. The molecule has 0 spiro atoms. The van der Waals surface area contributed by atoms with Crippen LogP contribution in [0.3, 0.4) is 0 Å². The van der Waals surface area contributed by atoms with E-state index < -0.39 is 46.1 Å².